The lowest BCUT2D eigenvalue weighted by Crippen LogP contribution is -2.12. The molecule has 2 nitrogen and oxygen atoms in total. The third kappa shape index (κ3) is 0.619. The summed E-state index contributed by atoms with van der Waals surface area (Å²) in [5.41, 5.74) is 1.13. The predicted octanol–water partition coefficient (Wildman–Crippen LogP) is 0.0300. The third-order valence-electron chi connectivity index (χ3n) is 2.21. The number of benzene rings is 1. The zero-order valence-corrected chi connectivity index (χ0v) is 6.45. The highest BCUT2D eigenvalue weighted by Crippen LogP contribution is 2.12. The van der Waals surface area contributed by atoms with Crippen molar-refractivity contribution < 1.29 is 4.74 Å². The molecule has 2 aliphatic heterocycles. The van der Waals surface area contributed by atoms with Gasteiger partial charge in [0.05, 0.1) is 0 Å². The van der Waals surface area contributed by atoms with Gasteiger partial charge in [-0.15, -0.1) is 0 Å². The van der Waals surface area contributed by atoms with E-state index in [9.17, 15) is 0 Å². The van der Waals surface area contributed by atoms with Crippen molar-refractivity contribution in [3.8, 4) is 5.75 Å². The van der Waals surface area contributed by atoms with Gasteiger partial charge in [0.1, 0.15) is 12.4 Å². The topological polar surface area (TPSA) is 21.6 Å². The van der Waals surface area contributed by atoms with Crippen molar-refractivity contribution >= 4 is 18.5 Å². The summed E-state index contributed by atoms with van der Waals surface area (Å²) in [6, 6.07) is 4.15. The predicted molar refractivity (Wildman–Crippen MR) is 47.7 cm³/mol. The zero-order chi connectivity index (χ0) is 7.97. The fraction of sp³-hybridized carbons (Fsp3) is 0.100. The molecule has 1 aromatic carbocycles. The van der Waals surface area contributed by atoms with Crippen LogP contribution in [0.5, 0.6) is 5.75 Å². The Kier molecular flexibility index (Phi) is 0.987. The van der Waals surface area contributed by atoms with Gasteiger partial charge in [0.2, 0.25) is 0 Å². The summed E-state index contributed by atoms with van der Waals surface area (Å²) >= 11 is 0. The van der Waals surface area contributed by atoms with Crippen LogP contribution in [0.15, 0.2) is 17.1 Å². The standard InChI is InChI=1S/C10H7NO/c1-2-8-5-11-6-9(8)10-7(1)3-4-12-10/h1-3,5-6H,4H2. The number of ether oxygens (including phenoxy) is 1. The summed E-state index contributed by atoms with van der Waals surface area (Å²) in [7, 11) is 0. The number of hydrogen-bond donors (Lipinski definition) is 0. The molecule has 0 amide bonds. The van der Waals surface area contributed by atoms with Gasteiger partial charge in [-0.1, -0.05) is 12.1 Å². The van der Waals surface area contributed by atoms with E-state index < -0.39 is 0 Å². The average Bonchev–Trinajstić information content (AvgIpc) is 2.71. The Morgan fingerprint density at radius 2 is 2.17 bits per heavy atom. The van der Waals surface area contributed by atoms with Crippen LogP contribution in [-0.4, -0.2) is 12.8 Å². The van der Waals surface area contributed by atoms with Gasteiger partial charge >= 0.3 is 0 Å². The molecule has 12 heavy (non-hydrogen) atoms. The van der Waals surface area contributed by atoms with Crippen LogP contribution < -0.4 is 15.2 Å². The lowest BCUT2D eigenvalue weighted by molar-refractivity contribution is 0.385. The van der Waals surface area contributed by atoms with Crippen molar-refractivity contribution in [1.29, 1.82) is 0 Å². The van der Waals surface area contributed by atoms with E-state index in [-0.39, 0.29) is 0 Å². The quantitative estimate of drug-likeness (QED) is 0.520. The Morgan fingerprint density at radius 3 is 3.17 bits per heavy atom. The Hall–Kier alpha value is -1.57. The highest BCUT2D eigenvalue weighted by molar-refractivity contribution is 5.89. The molecule has 2 aliphatic rings. The second kappa shape index (κ2) is 1.97. The Balaban J connectivity index is 2.50. The van der Waals surface area contributed by atoms with Gasteiger partial charge in [0.15, 0.2) is 0 Å². The fourth-order valence-corrected chi connectivity index (χ4v) is 1.61. The van der Waals surface area contributed by atoms with E-state index in [2.05, 4.69) is 23.2 Å². The Labute approximate surface area is 69.5 Å². The van der Waals surface area contributed by atoms with Gasteiger partial charge in [-0.3, -0.25) is 4.99 Å². The lowest BCUT2D eigenvalue weighted by Gasteiger charge is -1.99. The monoisotopic (exact) mass is 157 g/mol. The summed E-state index contributed by atoms with van der Waals surface area (Å²) in [6.07, 6.45) is 5.80. The number of nitrogens with zero attached hydrogens (tertiary/aromatic N) is 1. The molecule has 0 unspecified atom stereocenters. The van der Waals surface area contributed by atoms with E-state index in [4.69, 9.17) is 4.74 Å². The van der Waals surface area contributed by atoms with E-state index in [0.29, 0.717) is 6.61 Å². The first-order valence-electron chi connectivity index (χ1n) is 3.94. The maximum Gasteiger partial charge on any atom is 0.136 e. The number of rotatable bonds is 0. The molecule has 0 aromatic heterocycles. The number of fused-ring (bicyclic) bond motifs is 3. The van der Waals surface area contributed by atoms with Crippen molar-refractivity contribution in [2.45, 2.75) is 0 Å². The molecule has 3 rings (SSSR count). The van der Waals surface area contributed by atoms with Gasteiger partial charge in [-0.05, 0) is 6.08 Å². The largest absolute Gasteiger partial charge is 0.488 e. The van der Waals surface area contributed by atoms with Crippen LogP contribution >= 0.6 is 0 Å². The van der Waals surface area contributed by atoms with Crippen LogP contribution in [-0.2, 0) is 0 Å². The summed E-state index contributed by atoms with van der Waals surface area (Å²) in [5.74, 6) is 0.991. The summed E-state index contributed by atoms with van der Waals surface area (Å²) in [6.45, 7) is 0.694. The van der Waals surface area contributed by atoms with Gasteiger partial charge < -0.3 is 4.74 Å². The van der Waals surface area contributed by atoms with E-state index in [1.165, 1.54) is 5.22 Å². The maximum atomic E-state index is 5.47. The molecule has 0 spiro atoms. The van der Waals surface area contributed by atoms with Crippen LogP contribution in [0.4, 0.5) is 0 Å². The maximum absolute atomic E-state index is 5.47. The molecule has 1 aromatic rings. The zero-order valence-electron chi connectivity index (χ0n) is 6.45. The van der Waals surface area contributed by atoms with Crippen molar-refractivity contribution in [2.24, 2.45) is 4.99 Å². The van der Waals surface area contributed by atoms with Crippen molar-refractivity contribution in [2.75, 3.05) is 6.61 Å². The van der Waals surface area contributed by atoms with Gasteiger partial charge in [0, 0.05) is 28.4 Å². The Bertz CT molecular complexity index is 485. The van der Waals surface area contributed by atoms with Gasteiger partial charge in [0.25, 0.3) is 0 Å². The molecule has 0 fully saturated rings. The fourth-order valence-electron chi connectivity index (χ4n) is 1.61. The summed E-state index contributed by atoms with van der Waals surface area (Å²) in [4.78, 5) is 4.08. The van der Waals surface area contributed by atoms with E-state index in [1.54, 1.807) is 0 Å². The molecule has 2 heterocycles. The second-order valence-corrected chi connectivity index (χ2v) is 2.91. The van der Waals surface area contributed by atoms with Gasteiger partial charge in [-0.25, -0.2) is 0 Å². The van der Waals surface area contributed by atoms with E-state index >= 15 is 0 Å². The summed E-state index contributed by atoms with van der Waals surface area (Å²) < 4.78 is 5.47. The van der Waals surface area contributed by atoms with Crippen LogP contribution in [0, 0.1) is 0 Å². The van der Waals surface area contributed by atoms with Gasteiger partial charge in [-0.2, -0.15) is 0 Å². The first kappa shape index (κ1) is 6.00. The van der Waals surface area contributed by atoms with Crippen LogP contribution in [0.2, 0.25) is 0 Å². The minimum absolute atomic E-state index is 0.694. The molecule has 0 bridgehead atoms. The normalized spacial score (nSPS) is 16.0. The van der Waals surface area contributed by atoms with Crippen molar-refractivity contribution in [3.05, 3.63) is 28.1 Å². The van der Waals surface area contributed by atoms with Crippen molar-refractivity contribution in [1.82, 2.24) is 0 Å². The molecule has 2 heteroatoms. The Morgan fingerprint density at radius 1 is 1.25 bits per heavy atom. The molecule has 0 N–H and O–H groups in total. The molecular weight excluding hydrogens is 150 g/mol. The minimum atomic E-state index is 0.694. The van der Waals surface area contributed by atoms with E-state index in [0.717, 1.165) is 16.5 Å². The highest BCUT2D eigenvalue weighted by atomic mass is 16.5. The molecule has 58 valence electrons. The molecule has 0 aliphatic carbocycles. The molecule has 0 atom stereocenters. The first-order chi connectivity index (χ1) is 5.95. The lowest BCUT2D eigenvalue weighted by atomic mass is 10.1. The first-order valence-corrected chi connectivity index (χ1v) is 3.94. The average molecular weight is 157 g/mol. The van der Waals surface area contributed by atoms with Crippen LogP contribution in [0.1, 0.15) is 5.56 Å². The molecular formula is C10H7NO. The van der Waals surface area contributed by atoms with E-state index in [1.807, 2.05) is 12.4 Å². The second-order valence-electron chi connectivity index (χ2n) is 2.91. The highest BCUT2D eigenvalue weighted by Gasteiger charge is 2.11. The summed E-state index contributed by atoms with van der Waals surface area (Å²) in [5, 5.41) is 2.35. The third-order valence-corrected chi connectivity index (χ3v) is 2.21. The molecule has 0 radical (unpaired) electrons. The number of aliphatic imine (C=N–C) groups is 1. The molecule has 0 saturated carbocycles. The van der Waals surface area contributed by atoms with Crippen LogP contribution in [0.3, 0.4) is 0 Å². The SMILES string of the molecule is C1=NC=c2ccc3c(c21)OCC=3. The number of hydrogen-bond acceptors (Lipinski definition) is 2. The minimum Gasteiger partial charge on any atom is -0.488 e. The van der Waals surface area contributed by atoms with Crippen LogP contribution in [0.25, 0.3) is 12.3 Å². The van der Waals surface area contributed by atoms with Crippen molar-refractivity contribution in [3.63, 3.8) is 0 Å². The molecule has 0 saturated heterocycles. The smallest absolute Gasteiger partial charge is 0.136 e.